The third-order valence-electron chi connectivity index (χ3n) is 5.31. The molecule has 3 rings (SSSR count). The van der Waals surface area contributed by atoms with Crippen LogP contribution in [0.3, 0.4) is 0 Å². The van der Waals surface area contributed by atoms with Gasteiger partial charge in [0.05, 0.1) is 19.9 Å². The first-order chi connectivity index (χ1) is 15.9. The number of thioether (sulfide) groups is 1. The van der Waals surface area contributed by atoms with Crippen molar-refractivity contribution in [2.75, 3.05) is 19.4 Å². The Morgan fingerprint density at radius 3 is 2.48 bits per heavy atom. The SMILES string of the molecule is COC=Cc1ccc(O[C@H]2C[C@@H](C(=O)O)N(C(=O)[C@H](C)CSC(=O)c3ccccc3)C2)cc1. The van der Waals surface area contributed by atoms with Crippen LogP contribution in [0.1, 0.15) is 29.3 Å². The fourth-order valence-corrected chi connectivity index (χ4v) is 4.42. The number of carbonyl (C=O) groups is 3. The second-order valence-corrected chi connectivity index (χ2v) is 8.79. The second-order valence-electron chi connectivity index (χ2n) is 7.79. The van der Waals surface area contributed by atoms with Gasteiger partial charge in [0.25, 0.3) is 0 Å². The van der Waals surface area contributed by atoms with Gasteiger partial charge >= 0.3 is 5.97 Å². The number of methoxy groups -OCH3 is 1. The molecule has 1 N–H and O–H groups in total. The largest absolute Gasteiger partial charge is 0.504 e. The number of carboxylic acids is 1. The van der Waals surface area contributed by atoms with Gasteiger partial charge in [0.2, 0.25) is 11.0 Å². The molecule has 0 saturated carbocycles. The zero-order chi connectivity index (χ0) is 23.8. The predicted molar refractivity (Wildman–Crippen MR) is 127 cm³/mol. The van der Waals surface area contributed by atoms with Gasteiger partial charge in [-0.1, -0.05) is 61.2 Å². The third-order valence-corrected chi connectivity index (χ3v) is 6.47. The Morgan fingerprint density at radius 2 is 1.85 bits per heavy atom. The minimum absolute atomic E-state index is 0.114. The lowest BCUT2D eigenvalue weighted by molar-refractivity contribution is -0.149. The molecule has 2 aromatic carbocycles. The van der Waals surface area contributed by atoms with Crippen molar-refractivity contribution in [2.45, 2.75) is 25.5 Å². The molecule has 3 atom stereocenters. The highest BCUT2D eigenvalue weighted by Gasteiger charge is 2.42. The van der Waals surface area contributed by atoms with Gasteiger partial charge in [0, 0.05) is 23.7 Å². The zero-order valence-corrected chi connectivity index (χ0v) is 19.4. The van der Waals surface area contributed by atoms with Crippen LogP contribution in [0.15, 0.2) is 60.9 Å². The predicted octanol–water partition coefficient (Wildman–Crippen LogP) is 3.95. The number of amides is 1. The van der Waals surface area contributed by atoms with Gasteiger partial charge in [-0.25, -0.2) is 4.79 Å². The van der Waals surface area contributed by atoms with Crippen LogP contribution in [-0.4, -0.2) is 58.6 Å². The van der Waals surface area contributed by atoms with E-state index in [4.69, 9.17) is 9.47 Å². The molecule has 1 aliphatic rings. The van der Waals surface area contributed by atoms with Gasteiger partial charge < -0.3 is 19.5 Å². The molecule has 0 unspecified atom stereocenters. The molecule has 0 spiro atoms. The number of nitrogens with zero attached hydrogens (tertiary/aromatic N) is 1. The van der Waals surface area contributed by atoms with E-state index in [1.807, 2.05) is 24.3 Å². The summed E-state index contributed by atoms with van der Waals surface area (Å²) in [5.41, 5.74) is 1.51. The molecule has 0 aliphatic carbocycles. The fourth-order valence-electron chi connectivity index (χ4n) is 3.57. The summed E-state index contributed by atoms with van der Waals surface area (Å²) in [5.74, 6) is -0.978. The highest BCUT2D eigenvalue weighted by Crippen LogP contribution is 2.27. The first-order valence-corrected chi connectivity index (χ1v) is 11.6. The molecule has 1 fully saturated rings. The molecule has 0 radical (unpaired) electrons. The van der Waals surface area contributed by atoms with Crippen LogP contribution >= 0.6 is 11.8 Å². The average Bonchev–Trinajstić information content (AvgIpc) is 3.26. The molecule has 8 heteroatoms. The van der Waals surface area contributed by atoms with Crippen LogP contribution in [-0.2, 0) is 14.3 Å². The topological polar surface area (TPSA) is 93.1 Å². The molecule has 1 amide bonds. The smallest absolute Gasteiger partial charge is 0.326 e. The number of carbonyl (C=O) groups excluding carboxylic acids is 2. The van der Waals surface area contributed by atoms with E-state index in [1.54, 1.807) is 56.7 Å². The molecule has 0 aromatic heterocycles. The molecule has 1 saturated heterocycles. The lowest BCUT2D eigenvalue weighted by Gasteiger charge is -2.24. The lowest BCUT2D eigenvalue weighted by atomic mass is 10.1. The minimum atomic E-state index is -1.06. The minimum Gasteiger partial charge on any atom is -0.504 e. The van der Waals surface area contributed by atoms with E-state index in [9.17, 15) is 19.5 Å². The van der Waals surface area contributed by atoms with E-state index in [0.29, 0.717) is 11.3 Å². The van der Waals surface area contributed by atoms with Crippen molar-refractivity contribution in [1.82, 2.24) is 4.90 Å². The molecule has 1 heterocycles. The van der Waals surface area contributed by atoms with Gasteiger partial charge in [0.15, 0.2) is 0 Å². The van der Waals surface area contributed by atoms with Crippen LogP contribution in [0.4, 0.5) is 0 Å². The maximum Gasteiger partial charge on any atom is 0.326 e. The quantitative estimate of drug-likeness (QED) is 0.556. The maximum atomic E-state index is 13.0. The van der Waals surface area contributed by atoms with Crippen molar-refractivity contribution in [2.24, 2.45) is 5.92 Å². The number of hydrogen-bond acceptors (Lipinski definition) is 6. The van der Waals surface area contributed by atoms with E-state index in [0.717, 1.165) is 17.3 Å². The lowest BCUT2D eigenvalue weighted by Crippen LogP contribution is -2.43. The van der Waals surface area contributed by atoms with Gasteiger partial charge in [-0.3, -0.25) is 9.59 Å². The second kappa shape index (κ2) is 11.6. The first kappa shape index (κ1) is 24.4. The summed E-state index contributed by atoms with van der Waals surface area (Å²) >= 11 is 1.07. The van der Waals surface area contributed by atoms with Gasteiger partial charge in [-0.2, -0.15) is 0 Å². The molecule has 2 aromatic rings. The van der Waals surface area contributed by atoms with E-state index < -0.39 is 24.0 Å². The van der Waals surface area contributed by atoms with Crippen molar-refractivity contribution < 1.29 is 29.0 Å². The molecular weight excluding hydrogens is 442 g/mol. The van der Waals surface area contributed by atoms with Crippen molar-refractivity contribution in [3.63, 3.8) is 0 Å². The van der Waals surface area contributed by atoms with Crippen LogP contribution < -0.4 is 4.74 Å². The number of rotatable bonds is 9. The molecule has 1 aliphatic heterocycles. The Labute approximate surface area is 197 Å². The number of carboxylic acid groups (broad SMARTS) is 1. The fraction of sp³-hybridized carbons (Fsp3) is 0.320. The number of ether oxygens (including phenoxy) is 2. The zero-order valence-electron chi connectivity index (χ0n) is 18.5. The Morgan fingerprint density at radius 1 is 1.15 bits per heavy atom. The van der Waals surface area contributed by atoms with Crippen molar-refractivity contribution in [1.29, 1.82) is 0 Å². The molecular formula is C25H27NO6S. The Bertz CT molecular complexity index is 992. The van der Waals surface area contributed by atoms with Crippen molar-refractivity contribution in [3.05, 3.63) is 72.0 Å². The van der Waals surface area contributed by atoms with E-state index in [2.05, 4.69) is 0 Å². The molecule has 0 bridgehead atoms. The highest BCUT2D eigenvalue weighted by molar-refractivity contribution is 8.14. The van der Waals surface area contributed by atoms with Crippen LogP contribution in [0.2, 0.25) is 0 Å². The van der Waals surface area contributed by atoms with Crippen LogP contribution in [0, 0.1) is 5.92 Å². The summed E-state index contributed by atoms with van der Waals surface area (Å²) in [5, 5.41) is 9.54. The standard InChI is InChI=1S/C25H27NO6S/c1-17(16-33-25(30)19-6-4-3-5-7-19)23(27)26-15-21(14-22(26)24(28)29)32-20-10-8-18(9-11-20)12-13-31-2/h3-13,17,21-22H,14-16H2,1-2H3,(H,28,29)/t17-,21+,22+/m1/s1. The summed E-state index contributed by atoms with van der Waals surface area (Å²) in [7, 11) is 1.57. The van der Waals surface area contributed by atoms with E-state index in [1.165, 1.54) is 4.90 Å². The summed E-state index contributed by atoms with van der Waals surface area (Å²) < 4.78 is 10.9. The summed E-state index contributed by atoms with van der Waals surface area (Å²) in [4.78, 5) is 38.5. The normalized spacial score (nSPS) is 18.8. The summed E-state index contributed by atoms with van der Waals surface area (Å²) in [6.45, 7) is 1.90. The Kier molecular flexibility index (Phi) is 8.54. The van der Waals surface area contributed by atoms with Crippen molar-refractivity contribution in [3.8, 4) is 5.75 Å². The highest BCUT2D eigenvalue weighted by atomic mass is 32.2. The first-order valence-electron chi connectivity index (χ1n) is 10.6. The van der Waals surface area contributed by atoms with Gasteiger partial charge in [-0.05, 0) is 23.8 Å². The van der Waals surface area contributed by atoms with Crippen molar-refractivity contribution >= 4 is 34.8 Å². The molecule has 33 heavy (non-hydrogen) atoms. The van der Waals surface area contributed by atoms with Gasteiger partial charge in [0.1, 0.15) is 17.9 Å². The Balaban J connectivity index is 1.59. The number of hydrogen-bond donors (Lipinski definition) is 1. The number of aliphatic carboxylic acids is 1. The molecule has 7 nitrogen and oxygen atoms in total. The summed E-state index contributed by atoms with van der Waals surface area (Å²) in [6.07, 6.45) is 3.15. The summed E-state index contributed by atoms with van der Waals surface area (Å²) in [6, 6.07) is 15.2. The average molecular weight is 470 g/mol. The number of likely N-dealkylation sites (tertiary alicyclic amines) is 1. The monoisotopic (exact) mass is 469 g/mol. The maximum absolute atomic E-state index is 13.0. The van der Waals surface area contributed by atoms with E-state index in [-0.39, 0.29) is 29.7 Å². The Hall–Kier alpha value is -3.26. The number of benzene rings is 2. The molecule has 174 valence electrons. The van der Waals surface area contributed by atoms with Crippen LogP contribution in [0.25, 0.3) is 6.08 Å². The third kappa shape index (κ3) is 6.61. The van der Waals surface area contributed by atoms with Gasteiger partial charge in [-0.15, -0.1) is 0 Å². The van der Waals surface area contributed by atoms with E-state index >= 15 is 0 Å². The van der Waals surface area contributed by atoms with Crippen LogP contribution in [0.5, 0.6) is 5.75 Å².